The summed E-state index contributed by atoms with van der Waals surface area (Å²) in [5.41, 5.74) is 0.653. The summed E-state index contributed by atoms with van der Waals surface area (Å²) >= 11 is 3.37. The highest BCUT2D eigenvalue weighted by molar-refractivity contribution is 9.10. The molecule has 0 unspecified atom stereocenters. The predicted octanol–water partition coefficient (Wildman–Crippen LogP) is 4.38. The number of pyridine rings is 1. The van der Waals surface area contributed by atoms with Gasteiger partial charge in [0.25, 0.3) is 5.91 Å². The maximum Gasteiger partial charge on any atom is 0.256 e. The Morgan fingerprint density at radius 3 is 2.20 bits per heavy atom. The van der Waals surface area contributed by atoms with E-state index in [-0.39, 0.29) is 5.91 Å². The number of amides is 1. The Kier molecular flexibility index (Phi) is 7.20. The fourth-order valence-corrected chi connectivity index (χ4v) is 2.28. The van der Waals surface area contributed by atoms with Crippen LogP contribution in [-0.4, -0.2) is 28.9 Å². The summed E-state index contributed by atoms with van der Waals surface area (Å²) < 4.78 is 0.629. The van der Waals surface area contributed by atoms with Crippen LogP contribution in [0, 0.1) is 11.8 Å². The summed E-state index contributed by atoms with van der Waals surface area (Å²) in [4.78, 5) is 18.7. The fraction of sp³-hybridized carbons (Fsp3) is 0.625. The van der Waals surface area contributed by atoms with E-state index in [1.807, 2.05) is 11.0 Å². The average molecular weight is 341 g/mol. The highest BCUT2D eigenvalue weighted by atomic mass is 79.9. The third-order valence-electron chi connectivity index (χ3n) is 3.23. The minimum atomic E-state index is 0.0753. The predicted molar refractivity (Wildman–Crippen MR) is 86.8 cm³/mol. The first-order chi connectivity index (χ1) is 9.41. The molecule has 1 amide bonds. The van der Waals surface area contributed by atoms with E-state index in [4.69, 9.17) is 0 Å². The van der Waals surface area contributed by atoms with Crippen molar-refractivity contribution in [2.24, 2.45) is 11.8 Å². The van der Waals surface area contributed by atoms with E-state index in [0.29, 0.717) is 22.0 Å². The number of nitrogens with zero attached hydrogens (tertiary/aromatic N) is 2. The number of rotatable bonds is 7. The van der Waals surface area contributed by atoms with Gasteiger partial charge in [0.2, 0.25) is 0 Å². The molecule has 0 radical (unpaired) electrons. The molecule has 0 aliphatic carbocycles. The Morgan fingerprint density at radius 1 is 1.20 bits per heavy atom. The monoisotopic (exact) mass is 340 g/mol. The number of halogens is 1. The van der Waals surface area contributed by atoms with Gasteiger partial charge < -0.3 is 4.90 Å². The molecule has 0 N–H and O–H groups in total. The second kappa shape index (κ2) is 8.40. The minimum Gasteiger partial charge on any atom is -0.339 e. The van der Waals surface area contributed by atoms with Gasteiger partial charge in [0.1, 0.15) is 4.60 Å². The Labute approximate surface area is 130 Å². The van der Waals surface area contributed by atoms with E-state index < -0.39 is 0 Å². The van der Waals surface area contributed by atoms with Crippen molar-refractivity contribution in [2.75, 3.05) is 13.1 Å². The number of aromatic nitrogens is 1. The van der Waals surface area contributed by atoms with Crippen molar-refractivity contribution in [3.05, 3.63) is 28.5 Å². The van der Waals surface area contributed by atoms with Gasteiger partial charge in [0.15, 0.2) is 0 Å². The van der Waals surface area contributed by atoms with E-state index in [1.165, 1.54) is 0 Å². The van der Waals surface area contributed by atoms with Gasteiger partial charge >= 0.3 is 0 Å². The molecule has 0 fully saturated rings. The van der Waals surface area contributed by atoms with Crippen molar-refractivity contribution >= 4 is 21.8 Å². The Balaban J connectivity index is 2.80. The molecule has 1 aromatic heterocycles. The van der Waals surface area contributed by atoms with Crippen LogP contribution < -0.4 is 0 Å². The second-order valence-corrected chi connectivity index (χ2v) is 6.75. The first-order valence-electron chi connectivity index (χ1n) is 7.31. The molecule has 1 rings (SSSR count). The van der Waals surface area contributed by atoms with Crippen LogP contribution in [0.3, 0.4) is 0 Å². The SMILES string of the molecule is CC(C)CCN(CCC(C)C)C(=O)c1cccnc1Br. The van der Waals surface area contributed by atoms with Crippen molar-refractivity contribution in [3.63, 3.8) is 0 Å². The number of carbonyl (C=O) groups is 1. The summed E-state index contributed by atoms with van der Waals surface area (Å²) in [6.45, 7) is 10.4. The molecule has 112 valence electrons. The lowest BCUT2D eigenvalue weighted by Gasteiger charge is -2.25. The normalized spacial score (nSPS) is 11.2. The molecular formula is C16H25BrN2O. The lowest BCUT2D eigenvalue weighted by molar-refractivity contribution is 0.0739. The van der Waals surface area contributed by atoms with Crippen LogP contribution >= 0.6 is 15.9 Å². The Hall–Kier alpha value is -0.900. The highest BCUT2D eigenvalue weighted by Crippen LogP contribution is 2.17. The molecular weight excluding hydrogens is 316 g/mol. The number of hydrogen-bond donors (Lipinski definition) is 0. The van der Waals surface area contributed by atoms with Crippen LogP contribution in [0.1, 0.15) is 50.9 Å². The average Bonchev–Trinajstić information content (AvgIpc) is 2.38. The molecule has 0 bridgehead atoms. The molecule has 0 aliphatic heterocycles. The molecule has 3 nitrogen and oxygen atoms in total. The van der Waals surface area contributed by atoms with Gasteiger partial charge in [-0.2, -0.15) is 0 Å². The van der Waals surface area contributed by atoms with Gasteiger partial charge in [-0.25, -0.2) is 4.98 Å². The van der Waals surface area contributed by atoms with Gasteiger partial charge in [0, 0.05) is 19.3 Å². The molecule has 0 saturated heterocycles. The molecule has 20 heavy (non-hydrogen) atoms. The van der Waals surface area contributed by atoms with Gasteiger partial charge in [0.05, 0.1) is 5.56 Å². The van der Waals surface area contributed by atoms with Crippen LogP contribution in [-0.2, 0) is 0 Å². The standard InChI is InChI=1S/C16H25BrN2O/c1-12(2)7-10-19(11-8-13(3)4)16(20)14-6-5-9-18-15(14)17/h5-6,9,12-13H,7-8,10-11H2,1-4H3. The van der Waals surface area contributed by atoms with E-state index in [1.54, 1.807) is 12.3 Å². The van der Waals surface area contributed by atoms with E-state index in [0.717, 1.165) is 25.9 Å². The molecule has 1 heterocycles. The quantitative estimate of drug-likeness (QED) is 0.690. The first-order valence-corrected chi connectivity index (χ1v) is 8.11. The zero-order chi connectivity index (χ0) is 15.1. The van der Waals surface area contributed by atoms with Crippen molar-refractivity contribution < 1.29 is 4.79 Å². The third-order valence-corrected chi connectivity index (χ3v) is 3.86. The third kappa shape index (κ3) is 5.61. The lowest BCUT2D eigenvalue weighted by atomic mass is 10.1. The summed E-state index contributed by atoms with van der Waals surface area (Å²) in [6, 6.07) is 3.64. The van der Waals surface area contributed by atoms with Crippen molar-refractivity contribution in [1.29, 1.82) is 0 Å². The molecule has 0 spiro atoms. The zero-order valence-corrected chi connectivity index (χ0v) is 14.5. The topological polar surface area (TPSA) is 33.2 Å². The van der Waals surface area contributed by atoms with Gasteiger partial charge in [-0.1, -0.05) is 27.7 Å². The van der Waals surface area contributed by atoms with E-state index in [9.17, 15) is 4.79 Å². The molecule has 0 saturated carbocycles. The molecule has 1 aromatic rings. The molecule has 4 heteroatoms. The van der Waals surface area contributed by atoms with Crippen LogP contribution in [0.5, 0.6) is 0 Å². The summed E-state index contributed by atoms with van der Waals surface area (Å²) in [5.74, 6) is 1.27. The Bertz CT molecular complexity index is 420. The van der Waals surface area contributed by atoms with Gasteiger partial charge in [-0.3, -0.25) is 4.79 Å². The number of carbonyl (C=O) groups excluding carboxylic acids is 1. The van der Waals surface area contributed by atoms with Crippen molar-refractivity contribution in [2.45, 2.75) is 40.5 Å². The largest absolute Gasteiger partial charge is 0.339 e. The molecule has 0 aromatic carbocycles. The van der Waals surface area contributed by atoms with Crippen LogP contribution in [0.4, 0.5) is 0 Å². The maximum atomic E-state index is 12.6. The lowest BCUT2D eigenvalue weighted by Crippen LogP contribution is -2.34. The highest BCUT2D eigenvalue weighted by Gasteiger charge is 2.18. The van der Waals surface area contributed by atoms with Crippen LogP contribution in [0.15, 0.2) is 22.9 Å². The van der Waals surface area contributed by atoms with Crippen molar-refractivity contribution in [3.8, 4) is 0 Å². The maximum absolute atomic E-state index is 12.6. The Morgan fingerprint density at radius 2 is 1.75 bits per heavy atom. The van der Waals surface area contributed by atoms with E-state index >= 15 is 0 Å². The van der Waals surface area contributed by atoms with Crippen LogP contribution in [0.2, 0.25) is 0 Å². The molecule has 0 aliphatic rings. The fourth-order valence-electron chi connectivity index (χ4n) is 1.86. The van der Waals surface area contributed by atoms with Gasteiger partial charge in [-0.05, 0) is 52.7 Å². The summed E-state index contributed by atoms with van der Waals surface area (Å²) in [6.07, 6.45) is 3.75. The smallest absolute Gasteiger partial charge is 0.256 e. The van der Waals surface area contributed by atoms with Crippen molar-refractivity contribution in [1.82, 2.24) is 9.88 Å². The zero-order valence-electron chi connectivity index (χ0n) is 12.9. The summed E-state index contributed by atoms with van der Waals surface area (Å²) in [5, 5.41) is 0. The first kappa shape index (κ1) is 17.2. The number of hydrogen-bond acceptors (Lipinski definition) is 2. The summed E-state index contributed by atoms with van der Waals surface area (Å²) in [7, 11) is 0. The van der Waals surface area contributed by atoms with Gasteiger partial charge in [-0.15, -0.1) is 0 Å². The van der Waals surface area contributed by atoms with Crippen LogP contribution in [0.25, 0.3) is 0 Å². The second-order valence-electron chi connectivity index (χ2n) is 6.00. The molecule has 0 atom stereocenters. The minimum absolute atomic E-state index is 0.0753. The van der Waals surface area contributed by atoms with E-state index in [2.05, 4.69) is 48.6 Å².